The molecule has 0 saturated carbocycles. The normalized spacial score (nSPS) is 14.3. The molecular formula is C15H25N7O8S. The van der Waals surface area contributed by atoms with Crippen molar-refractivity contribution in [1.82, 2.24) is 16.0 Å². The van der Waals surface area contributed by atoms with Gasteiger partial charge in [0.25, 0.3) is 0 Å². The number of primary amides is 3. The van der Waals surface area contributed by atoms with Crippen LogP contribution in [0.3, 0.4) is 0 Å². The number of carbonyl (C=O) groups excluding carboxylic acids is 6. The molecule has 6 amide bonds. The largest absolute Gasteiger partial charge is 0.480 e. The Labute approximate surface area is 181 Å². The minimum atomic E-state index is -1.64. The number of nitrogens with one attached hydrogen (secondary N) is 3. The Morgan fingerprint density at radius 3 is 1.35 bits per heavy atom. The molecule has 0 radical (unpaired) electrons. The number of carboxylic acid groups (broad SMARTS) is 1. The number of hydrogen-bond acceptors (Lipinski definition) is 9. The molecule has 0 heterocycles. The fourth-order valence-corrected chi connectivity index (χ4v) is 2.39. The highest BCUT2D eigenvalue weighted by molar-refractivity contribution is 7.80. The van der Waals surface area contributed by atoms with Gasteiger partial charge in [-0.25, -0.2) is 4.79 Å². The molecule has 0 spiro atoms. The molecular weight excluding hydrogens is 438 g/mol. The zero-order valence-electron chi connectivity index (χ0n) is 16.2. The molecule has 0 fully saturated rings. The number of amides is 6. The second-order valence-electron chi connectivity index (χ2n) is 6.32. The number of thiol groups is 1. The second kappa shape index (κ2) is 13.0. The van der Waals surface area contributed by atoms with Gasteiger partial charge in [0.05, 0.1) is 25.3 Å². The van der Waals surface area contributed by atoms with Crippen LogP contribution in [0.2, 0.25) is 0 Å². The van der Waals surface area contributed by atoms with Crippen LogP contribution in [0.15, 0.2) is 0 Å². The third kappa shape index (κ3) is 10.8. The van der Waals surface area contributed by atoms with E-state index < -0.39 is 84.8 Å². The van der Waals surface area contributed by atoms with Crippen LogP contribution in [0.4, 0.5) is 0 Å². The van der Waals surface area contributed by atoms with Gasteiger partial charge in [-0.15, -0.1) is 0 Å². The van der Waals surface area contributed by atoms with Gasteiger partial charge < -0.3 is 44.0 Å². The molecule has 0 aliphatic carbocycles. The van der Waals surface area contributed by atoms with E-state index in [1.807, 2.05) is 5.32 Å². The predicted molar refractivity (Wildman–Crippen MR) is 107 cm³/mol. The van der Waals surface area contributed by atoms with Crippen LogP contribution in [0.1, 0.15) is 19.3 Å². The molecule has 0 aromatic carbocycles. The minimum Gasteiger partial charge on any atom is -0.480 e. The van der Waals surface area contributed by atoms with E-state index in [-0.39, 0.29) is 5.75 Å². The fourth-order valence-electron chi connectivity index (χ4n) is 2.14. The number of rotatable bonds is 14. The summed E-state index contributed by atoms with van der Waals surface area (Å²) in [4.78, 5) is 81.3. The summed E-state index contributed by atoms with van der Waals surface area (Å²) in [6.45, 7) is 0. The number of carboxylic acids is 1. The van der Waals surface area contributed by atoms with Crippen LogP contribution in [0.5, 0.6) is 0 Å². The summed E-state index contributed by atoms with van der Waals surface area (Å²) in [5, 5.41) is 15.2. The zero-order chi connectivity index (χ0) is 24.3. The number of nitrogens with two attached hydrogens (primary N) is 4. The number of hydrogen-bond donors (Lipinski definition) is 9. The Bertz CT molecular complexity index is 747. The number of aliphatic carboxylic acids is 1. The van der Waals surface area contributed by atoms with E-state index >= 15 is 0 Å². The summed E-state index contributed by atoms with van der Waals surface area (Å²) in [6, 6.07) is -6.14. The molecule has 0 aromatic rings. The summed E-state index contributed by atoms with van der Waals surface area (Å²) in [7, 11) is 0. The molecule has 0 aliphatic rings. The molecule has 15 nitrogen and oxygen atoms in total. The monoisotopic (exact) mass is 463 g/mol. The Hall–Kier alpha value is -3.40. The van der Waals surface area contributed by atoms with Crippen LogP contribution >= 0.6 is 12.6 Å². The molecule has 0 rings (SSSR count). The first kappa shape index (κ1) is 27.6. The first-order valence-electron chi connectivity index (χ1n) is 8.63. The Morgan fingerprint density at radius 2 is 1.03 bits per heavy atom. The second-order valence-corrected chi connectivity index (χ2v) is 6.69. The molecule has 174 valence electrons. The van der Waals surface area contributed by atoms with Gasteiger partial charge in [-0.1, -0.05) is 0 Å². The van der Waals surface area contributed by atoms with Gasteiger partial charge in [0.1, 0.15) is 18.1 Å². The lowest BCUT2D eigenvalue weighted by atomic mass is 10.1. The quantitative estimate of drug-likeness (QED) is 0.111. The number of carbonyl (C=O) groups is 7. The minimum absolute atomic E-state index is 0.295. The van der Waals surface area contributed by atoms with Crippen LogP contribution in [0.25, 0.3) is 0 Å². The highest BCUT2D eigenvalue weighted by Crippen LogP contribution is 2.01. The summed E-state index contributed by atoms with van der Waals surface area (Å²) in [5.41, 5.74) is 20.5. The van der Waals surface area contributed by atoms with E-state index in [9.17, 15) is 33.6 Å². The van der Waals surface area contributed by atoms with Crippen LogP contribution in [-0.2, 0) is 33.6 Å². The lowest BCUT2D eigenvalue weighted by Gasteiger charge is -2.23. The molecule has 0 aliphatic heterocycles. The van der Waals surface area contributed by atoms with Crippen molar-refractivity contribution in [3.63, 3.8) is 0 Å². The highest BCUT2D eigenvalue weighted by atomic mass is 32.1. The van der Waals surface area contributed by atoms with Crippen LogP contribution in [0, 0.1) is 0 Å². The van der Waals surface area contributed by atoms with E-state index in [2.05, 4.69) is 23.3 Å². The molecule has 4 atom stereocenters. The highest BCUT2D eigenvalue weighted by Gasteiger charge is 2.31. The molecule has 0 aromatic heterocycles. The first-order chi connectivity index (χ1) is 14.3. The van der Waals surface area contributed by atoms with Crippen molar-refractivity contribution in [2.45, 2.75) is 43.4 Å². The predicted octanol–water partition coefficient (Wildman–Crippen LogP) is -5.59. The third-order valence-electron chi connectivity index (χ3n) is 3.63. The first-order valence-corrected chi connectivity index (χ1v) is 9.26. The van der Waals surface area contributed by atoms with E-state index in [4.69, 9.17) is 28.0 Å². The SMILES string of the molecule is NC(=O)CC(N)C(=O)NC(CC(N)=O)C(=O)NC(CC(N)=O)C(=O)NC(CS)C(=O)O. The summed E-state index contributed by atoms with van der Waals surface area (Å²) < 4.78 is 0. The average molecular weight is 463 g/mol. The molecule has 4 unspecified atom stereocenters. The van der Waals surface area contributed by atoms with Gasteiger partial charge in [-0.3, -0.25) is 28.8 Å². The summed E-state index contributed by atoms with van der Waals surface area (Å²) in [6.07, 6.45) is -2.00. The third-order valence-corrected chi connectivity index (χ3v) is 4.00. The maximum atomic E-state index is 12.5. The molecule has 0 saturated heterocycles. The van der Waals surface area contributed by atoms with Gasteiger partial charge in [0, 0.05) is 5.75 Å². The van der Waals surface area contributed by atoms with E-state index in [0.29, 0.717) is 0 Å². The van der Waals surface area contributed by atoms with E-state index in [1.165, 1.54) is 0 Å². The lowest BCUT2D eigenvalue weighted by molar-refractivity contribution is -0.142. The van der Waals surface area contributed by atoms with Crippen molar-refractivity contribution in [2.75, 3.05) is 5.75 Å². The van der Waals surface area contributed by atoms with Gasteiger partial charge in [0.15, 0.2) is 0 Å². The lowest BCUT2D eigenvalue weighted by Crippen LogP contribution is -2.58. The fraction of sp³-hybridized carbons (Fsp3) is 0.533. The molecule has 16 heteroatoms. The standard InChI is InChI=1S/C15H25N7O8S/c16-5(1-9(17)23)12(26)20-6(2-10(18)24)13(27)21-7(3-11(19)25)14(28)22-8(4-31)15(29)30/h5-8,31H,1-4,16H2,(H2,17,23)(H2,18,24)(H2,19,25)(H,20,26)(H,21,27)(H,22,28)(H,29,30). The average Bonchev–Trinajstić information content (AvgIpc) is 2.62. The van der Waals surface area contributed by atoms with Crippen LogP contribution < -0.4 is 38.9 Å². The summed E-state index contributed by atoms with van der Waals surface area (Å²) in [5.74, 6) is -7.87. The molecule has 0 bridgehead atoms. The summed E-state index contributed by atoms with van der Waals surface area (Å²) >= 11 is 3.77. The molecule has 12 N–H and O–H groups in total. The van der Waals surface area contributed by atoms with Crippen molar-refractivity contribution in [3.05, 3.63) is 0 Å². The Balaban J connectivity index is 5.47. The molecule has 31 heavy (non-hydrogen) atoms. The zero-order valence-corrected chi connectivity index (χ0v) is 17.1. The van der Waals surface area contributed by atoms with Gasteiger partial charge in [-0.2, -0.15) is 12.6 Å². The van der Waals surface area contributed by atoms with Crippen molar-refractivity contribution in [3.8, 4) is 0 Å². The van der Waals surface area contributed by atoms with Crippen molar-refractivity contribution in [2.24, 2.45) is 22.9 Å². The van der Waals surface area contributed by atoms with Crippen molar-refractivity contribution < 1.29 is 38.7 Å². The maximum Gasteiger partial charge on any atom is 0.327 e. The van der Waals surface area contributed by atoms with Gasteiger partial charge >= 0.3 is 5.97 Å². The van der Waals surface area contributed by atoms with E-state index in [1.54, 1.807) is 0 Å². The van der Waals surface area contributed by atoms with E-state index in [0.717, 1.165) is 0 Å². The van der Waals surface area contributed by atoms with Gasteiger partial charge in [0.2, 0.25) is 35.4 Å². The van der Waals surface area contributed by atoms with Crippen molar-refractivity contribution in [1.29, 1.82) is 0 Å². The van der Waals surface area contributed by atoms with Crippen molar-refractivity contribution >= 4 is 54.0 Å². The maximum absolute atomic E-state index is 12.5. The van der Waals surface area contributed by atoms with Crippen LogP contribution in [-0.4, -0.2) is 76.4 Å². The Kier molecular flexibility index (Phi) is 11.6. The van der Waals surface area contributed by atoms with Gasteiger partial charge in [-0.05, 0) is 0 Å². The Morgan fingerprint density at radius 1 is 0.677 bits per heavy atom. The topological polar surface area (TPSA) is 280 Å². The smallest absolute Gasteiger partial charge is 0.327 e.